The van der Waals surface area contributed by atoms with Crippen molar-refractivity contribution in [3.63, 3.8) is 0 Å². The Kier molecular flexibility index (Phi) is 5.59. The van der Waals surface area contributed by atoms with E-state index < -0.39 is 6.10 Å². The number of rotatable bonds is 5. The highest BCUT2D eigenvalue weighted by Gasteiger charge is 2.16. The van der Waals surface area contributed by atoms with Crippen LogP contribution in [0.25, 0.3) is 0 Å². The Balaban J connectivity index is 2.64. The van der Waals surface area contributed by atoms with Crippen LogP contribution in [0.4, 0.5) is 0 Å². The molecular formula is C12H15Cl2NO2. The van der Waals surface area contributed by atoms with Crippen molar-refractivity contribution in [2.75, 3.05) is 6.54 Å². The first-order chi connectivity index (χ1) is 8.06. The fourth-order valence-electron chi connectivity index (χ4n) is 1.21. The number of carbonyl (C=O) groups excluding carboxylic acids is 1. The Hall–Kier alpha value is -0.930. The lowest BCUT2D eigenvalue weighted by atomic mass is 10.3. The lowest BCUT2D eigenvalue weighted by molar-refractivity contribution is -0.127. The van der Waals surface area contributed by atoms with Gasteiger partial charge < -0.3 is 10.1 Å². The zero-order valence-corrected chi connectivity index (χ0v) is 11.3. The topological polar surface area (TPSA) is 38.3 Å². The van der Waals surface area contributed by atoms with Gasteiger partial charge >= 0.3 is 0 Å². The molecule has 94 valence electrons. The first-order valence-electron chi connectivity index (χ1n) is 5.44. The predicted molar refractivity (Wildman–Crippen MR) is 69.9 cm³/mol. The van der Waals surface area contributed by atoms with E-state index in [1.165, 1.54) is 0 Å². The smallest absolute Gasteiger partial charge is 0.260 e. The Morgan fingerprint density at radius 1 is 1.47 bits per heavy atom. The third-order valence-corrected chi connectivity index (χ3v) is 2.94. The summed E-state index contributed by atoms with van der Waals surface area (Å²) in [5.41, 5.74) is 0. The van der Waals surface area contributed by atoms with Crippen molar-refractivity contribution in [3.05, 3.63) is 28.2 Å². The van der Waals surface area contributed by atoms with Crippen LogP contribution < -0.4 is 10.1 Å². The van der Waals surface area contributed by atoms with Gasteiger partial charge in [-0.15, -0.1) is 0 Å². The van der Waals surface area contributed by atoms with Gasteiger partial charge in [-0.2, -0.15) is 0 Å². The van der Waals surface area contributed by atoms with Gasteiger partial charge in [-0.3, -0.25) is 4.79 Å². The monoisotopic (exact) mass is 275 g/mol. The number of carbonyl (C=O) groups is 1. The molecule has 0 saturated carbocycles. The predicted octanol–water partition coefficient (Wildman–Crippen LogP) is 3.29. The van der Waals surface area contributed by atoms with Gasteiger partial charge in [-0.25, -0.2) is 0 Å². The lowest BCUT2D eigenvalue weighted by Crippen LogP contribution is -2.36. The van der Waals surface area contributed by atoms with Crippen molar-refractivity contribution in [1.29, 1.82) is 0 Å². The van der Waals surface area contributed by atoms with Crippen molar-refractivity contribution < 1.29 is 9.53 Å². The van der Waals surface area contributed by atoms with E-state index in [2.05, 4.69) is 5.32 Å². The molecule has 1 unspecified atom stereocenters. The highest BCUT2D eigenvalue weighted by molar-refractivity contribution is 6.42. The van der Waals surface area contributed by atoms with Crippen molar-refractivity contribution in [1.82, 2.24) is 5.32 Å². The van der Waals surface area contributed by atoms with Crippen LogP contribution in [0.1, 0.15) is 20.3 Å². The summed E-state index contributed by atoms with van der Waals surface area (Å²) >= 11 is 11.8. The first-order valence-corrected chi connectivity index (χ1v) is 6.20. The molecule has 0 bridgehead atoms. The number of amides is 1. The molecule has 1 N–H and O–H groups in total. The number of benzene rings is 1. The maximum atomic E-state index is 11.6. The number of nitrogens with one attached hydrogen (secondary N) is 1. The number of hydrogen-bond donors (Lipinski definition) is 1. The van der Waals surface area contributed by atoms with E-state index in [0.717, 1.165) is 6.42 Å². The van der Waals surface area contributed by atoms with Gasteiger partial charge in [-0.05, 0) is 25.5 Å². The van der Waals surface area contributed by atoms with Gasteiger partial charge in [0.2, 0.25) is 0 Å². The van der Waals surface area contributed by atoms with Crippen LogP contribution in [0.15, 0.2) is 18.2 Å². The average molecular weight is 276 g/mol. The molecule has 5 heteroatoms. The molecule has 0 fully saturated rings. The molecule has 1 amide bonds. The molecule has 1 atom stereocenters. The fraction of sp³-hybridized carbons (Fsp3) is 0.417. The Morgan fingerprint density at radius 2 is 2.18 bits per heavy atom. The van der Waals surface area contributed by atoms with E-state index in [4.69, 9.17) is 27.9 Å². The molecular weight excluding hydrogens is 261 g/mol. The van der Waals surface area contributed by atoms with Crippen molar-refractivity contribution >= 4 is 29.1 Å². The third-order valence-electron chi connectivity index (χ3n) is 2.14. The normalized spacial score (nSPS) is 12.0. The largest absolute Gasteiger partial charge is 0.479 e. The van der Waals surface area contributed by atoms with E-state index in [1.807, 2.05) is 6.92 Å². The highest BCUT2D eigenvalue weighted by Crippen LogP contribution is 2.31. The van der Waals surface area contributed by atoms with Crippen LogP contribution in [-0.2, 0) is 4.79 Å². The summed E-state index contributed by atoms with van der Waals surface area (Å²) in [6.07, 6.45) is 0.286. The molecule has 3 nitrogen and oxygen atoms in total. The van der Waals surface area contributed by atoms with Crippen molar-refractivity contribution in [2.45, 2.75) is 26.4 Å². The molecule has 0 spiro atoms. The summed E-state index contributed by atoms with van der Waals surface area (Å²) in [7, 11) is 0. The minimum Gasteiger partial charge on any atom is -0.479 e. The maximum absolute atomic E-state index is 11.6. The summed E-state index contributed by atoms with van der Waals surface area (Å²) in [4.78, 5) is 11.6. The second-order valence-corrected chi connectivity index (χ2v) is 4.39. The van der Waals surface area contributed by atoms with Gasteiger partial charge in [-0.1, -0.05) is 36.2 Å². The molecule has 0 saturated heterocycles. The maximum Gasteiger partial charge on any atom is 0.260 e. The SMILES string of the molecule is CCCNC(=O)C(C)Oc1cccc(Cl)c1Cl. The Labute approximate surface area is 111 Å². The molecule has 1 aromatic carbocycles. The second-order valence-electron chi connectivity index (χ2n) is 3.60. The second kappa shape index (κ2) is 6.72. The van der Waals surface area contributed by atoms with Crippen LogP contribution in [0.2, 0.25) is 10.0 Å². The number of halogens is 2. The lowest BCUT2D eigenvalue weighted by Gasteiger charge is -2.15. The van der Waals surface area contributed by atoms with Crippen LogP contribution in [0, 0.1) is 0 Å². The Bertz CT molecular complexity index is 396. The molecule has 0 aliphatic rings. The summed E-state index contributed by atoms with van der Waals surface area (Å²) in [6.45, 7) is 4.29. The summed E-state index contributed by atoms with van der Waals surface area (Å²) in [5, 5.41) is 3.48. The van der Waals surface area contributed by atoms with Gasteiger partial charge in [0.25, 0.3) is 5.91 Å². The summed E-state index contributed by atoms with van der Waals surface area (Å²) in [6, 6.07) is 5.07. The fourth-order valence-corrected chi connectivity index (χ4v) is 1.55. The molecule has 0 heterocycles. The summed E-state index contributed by atoms with van der Waals surface area (Å²) in [5.74, 6) is 0.251. The first kappa shape index (κ1) is 14.1. The van der Waals surface area contributed by atoms with Gasteiger partial charge in [0.15, 0.2) is 6.10 Å². The van der Waals surface area contributed by atoms with E-state index in [1.54, 1.807) is 25.1 Å². The summed E-state index contributed by atoms with van der Waals surface area (Å²) < 4.78 is 5.46. The van der Waals surface area contributed by atoms with E-state index >= 15 is 0 Å². The highest BCUT2D eigenvalue weighted by atomic mass is 35.5. The minimum atomic E-state index is -0.600. The molecule has 17 heavy (non-hydrogen) atoms. The molecule has 0 aliphatic carbocycles. The number of ether oxygens (including phenoxy) is 1. The minimum absolute atomic E-state index is 0.164. The average Bonchev–Trinajstić information content (AvgIpc) is 2.31. The van der Waals surface area contributed by atoms with Crippen LogP contribution in [0.5, 0.6) is 5.75 Å². The Morgan fingerprint density at radius 3 is 2.82 bits per heavy atom. The molecule has 0 aromatic heterocycles. The number of hydrogen-bond acceptors (Lipinski definition) is 2. The molecule has 0 aliphatic heterocycles. The molecule has 0 radical (unpaired) electrons. The molecule has 1 aromatic rings. The quantitative estimate of drug-likeness (QED) is 0.896. The van der Waals surface area contributed by atoms with Gasteiger partial charge in [0, 0.05) is 6.54 Å². The van der Waals surface area contributed by atoms with E-state index in [-0.39, 0.29) is 5.91 Å². The van der Waals surface area contributed by atoms with Gasteiger partial charge in [0.05, 0.1) is 5.02 Å². The van der Waals surface area contributed by atoms with E-state index in [0.29, 0.717) is 22.3 Å². The van der Waals surface area contributed by atoms with Crippen LogP contribution in [-0.4, -0.2) is 18.6 Å². The molecule has 1 rings (SSSR count). The van der Waals surface area contributed by atoms with Gasteiger partial charge in [0.1, 0.15) is 10.8 Å². The van der Waals surface area contributed by atoms with E-state index in [9.17, 15) is 4.79 Å². The van der Waals surface area contributed by atoms with Crippen molar-refractivity contribution in [3.8, 4) is 5.75 Å². The van der Waals surface area contributed by atoms with Crippen LogP contribution in [0.3, 0.4) is 0 Å². The zero-order chi connectivity index (χ0) is 12.8. The van der Waals surface area contributed by atoms with Crippen molar-refractivity contribution in [2.24, 2.45) is 0 Å². The third kappa shape index (κ3) is 4.10. The standard InChI is InChI=1S/C12H15Cl2NO2/c1-3-7-15-12(16)8(2)17-10-6-4-5-9(13)11(10)14/h4-6,8H,3,7H2,1-2H3,(H,15,16). The zero-order valence-electron chi connectivity index (χ0n) is 9.80. The van der Waals surface area contributed by atoms with Crippen LogP contribution >= 0.6 is 23.2 Å².